The molecule has 2 unspecified atom stereocenters. The smallest absolute Gasteiger partial charge is 0.100 e. The van der Waals surface area contributed by atoms with Gasteiger partial charge >= 0.3 is 0 Å². The second-order valence-electron chi connectivity index (χ2n) is 4.79. The highest BCUT2D eigenvalue weighted by atomic mass is 127. The molecule has 1 aromatic carbocycles. The van der Waals surface area contributed by atoms with Gasteiger partial charge in [0.05, 0.1) is 12.7 Å². The summed E-state index contributed by atoms with van der Waals surface area (Å²) in [6.07, 6.45) is 2.55. The molecule has 0 bridgehead atoms. The summed E-state index contributed by atoms with van der Waals surface area (Å²) in [6, 6.07) is 8.27. The van der Waals surface area contributed by atoms with Crippen molar-refractivity contribution in [2.45, 2.75) is 31.5 Å². The van der Waals surface area contributed by atoms with Crippen molar-refractivity contribution in [3.8, 4) is 0 Å². The van der Waals surface area contributed by atoms with Crippen LogP contribution in [-0.2, 0) is 15.1 Å². The lowest BCUT2D eigenvalue weighted by Gasteiger charge is -2.30. The van der Waals surface area contributed by atoms with Gasteiger partial charge in [-0.25, -0.2) is 0 Å². The van der Waals surface area contributed by atoms with Crippen molar-refractivity contribution >= 4 is 38.5 Å². The third-order valence-corrected chi connectivity index (χ3v) is 5.46. The summed E-state index contributed by atoms with van der Waals surface area (Å²) in [5.41, 5.74) is 0.949. The lowest BCUT2D eigenvalue weighted by molar-refractivity contribution is -0.0646. The molecule has 1 heterocycles. The molecule has 1 aromatic rings. The fraction of sp³-hybridized carbons (Fsp3) is 0.571. The molecule has 2 rings (SSSR count). The number of ether oxygens (including phenoxy) is 2. The van der Waals surface area contributed by atoms with Crippen molar-refractivity contribution < 1.29 is 9.47 Å². The maximum atomic E-state index is 6.17. The Balaban J connectivity index is 2.07. The van der Waals surface area contributed by atoms with E-state index in [2.05, 4.69) is 63.6 Å². The molecule has 18 heavy (non-hydrogen) atoms. The van der Waals surface area contributed by atoms with Crippen molar-refractivity contribution in [2.24, 2.45) is 0 Å². The lowest BCUT2D eigenvalue weighted by atomic mass is 9.98. The molecule has 0 aliphatic carbocycles. The standard InChI is InChI=1S/C14H18BrIO2/c1-14(10-16,12-6-2-3-7-13(12)15)18-9-11-5-4-8-17-11/h2-3,6-7,11H,4-5,8-10H2,1H3. The van der Waals surface area contributed by atoms with E-state index in [4.69, 9.17) is 9.47 Å². The minimum absolute atomic E-state index is 0.257. The molecule has 1 saturated heterocycles. The number of hydrogen-bond acceptors (Lipinski definition) is 2. The van der Waals surface area contributed by atoms with Crippen molar-refractivity contribution in [1.29, 1.82) is 0 Å². The van der Waals surface area contributed by atoms with Crippen LogP contribution in [0.15, 0.2) is 28.7 Å². The molecule has 0 N–H and O–H groups in total. The average Bonchev–Trinajstić information content (AvgIpc) is 2.90. The van der Waals surface area contributed by atoms with Gasteiger partial charge in [0.15, 0.2) is 0 Å². The molecule has 0 amide bonds. The third-order valence-electron chi connectivity index (χ3n) is 3.31. The van der Waals surface area contributed by atoms with Crippen molar-refractivity contribution in [3.05, 3.63) is 34.3 Å². The van der Waals surface area contributed by atoms with Gasteiger partial charge in [-0.2, -0.15) is 0 Å². The second-order valence-corrected chi connectivity index (χ2v) is 6.41. The van der Waals surface area contributed by atoms with E-state index in [9.17, 15) is 0 Å². The molecular weight excluding hydrogens is 407 g/mol. The molecular formula is C14H18BrIO2. The largest absolute Gasteiger partial charge is 0.376 e. The molecule has 4 heteroatoms. The van der Waals surface area contributed by atoms with E-state index in [-0.39, 0.29) is 11.7 Å². The van der Waals surface area contributed by atoms with Gasteiger partial charge in [0.2, 0.25) is 0 Å². The minimum Gasteiger partial charge on any atom is -0.376 e. The first-order valence-electron chi connectivity index (χ1n) is 6.22. The Hall–Kier alpha value is 0.350. The molecule has 0 saturated carbocycles. The lowest BCUT2D eigenvalue weighted by Crippen LogP contribution is -2.32. The molecule has 1 fully saturated rings. The molecule has 2 atom stereocenters. The van der Waals surface area contributed by atoms with Crippen LogP contribution in [0.4, 0.5) is 0 Å². The predicted octanol–water partition coefficient (Wildman–Crippen LogP) is 4.29. The zero-order valence-electron chi connectivity index (χ0n) is 10.5. The maximum absolute atomic E-state index is 6.17. The summed E-state index contributed by atoms with van der Waals surface area (Å²) in [5, 5.41) is 0. The van der Waals surface area contributed by atoms with Crippen LogP contribution >= 0.6 is 38.5 Å². The summed E-state index contributed by atoms with van der Waals surface area (Å²) in [4.78, 5) is 0. The Morgan fingerprint density at radius 1 is 1.50 bits per heavy atom. The van der Waals surface area contributed by atoms with Crippen LogP contribution in [-0.4, -0.2) is 23.7 Å². The van der Waals surface area contributed by atoms with Crippen LogP contribution in [0.5, 0.6) is 0 Å². The Bertz CT molecular complexity index is 393. The Kier molecular flexibility index (Phi) is 5.47. The molecule has 0 aromatic heterocycles. The van der Waals surface area contributed by atoms with Crippen molar-refractivity contribution in [2.75, 3.05) is 17.6 Å². The summed E-state index contributed by atoms with van der Waals surface area (Å²) in [7, 11) is 0. The van der Waals surface area contributed by atoms with Gasteiger partial charge in [-0.3, -0.25) is 0 Å². The topological polar surface area (TPSA) is 18.5 Å². The van der Waals surface area contributed by atoms with Crippen LogP contribution in [0.1, 0.15) is 25.3 Å². The molecule has 2 nitrogen and oxygen atoms in total. The van der Waals surface area contributed by atoms with Crippen LogP contribution in [0.3, 0.4) is 0 Å². The van der Waals surface area contributed by atoms with E-state index in [1.165, 1.54) is 5.56 Å². The number of benzene rings is 1. The van der Waals surface area contributed by atoms with Gasteiger partial charge in [-0.1, -0.05) is 56.7 Å². The van der Waals surface area contributed by atoms with Crippen LogP contribution in [0.25, 0.3) is 0 Å². The first kappa shape index (κ1) is 14.8. The Labute approximate surface area is 131 Å². The van der Waals surface area contributed by atoms with Crippen molar-refractivity contribution in [3.63, 3.8) is 0 Å². The van der Waals surface area contributed by atoms with Gasteiger partial charge in [-0.05, 0) is 31.4 Å². The predicted molar refractivity (Wildman–Crippen MR) is 85.3 cm³/mol. The van der Waals surface area contributed by atoms with E-state index in [0.29, 0.717) is 6.61 Å². The van der Waals surface area contributed by atoms with Crippen LogP contribution < -0.4 is 0 Å². The number of halogens is 2. The zero-order chi connectivity index (χ0) is 13.0. The fourth-order valence-electron chi connectivity index (χ4n) is 2.13. The summed E-state index contributed by atoms with van der Waals surface area (Å²) < 4.78 is 13.8. The zero-order valence-corrected chi connectivity index (χ0v) is 14.2. The van der Waals surface area contributed by atoms with E-state index in [1.54, 1.807) is 0 Å². The SMILES string of the molecule is CC(CI)(OCC1CCCO1)c1ccccc1Br. The quantitative estimate of drug-likeness (QED) is 0.518. The van der Waals surface area contributed by atoms with Gasteiger partial charge in [0.25, 0.3) is 0 Å². The highest BCUT2D eigenvalue weighted by Crippen LogP contribution is 2.33. The normalized spacial score (nSPS) is 22.9. The molecule has 1 aliphatic rings. The average molecular weight is 425 g/mol. The summed E-state index contributed by atoms with van der Waals surface area (Å²) >= 11 is 6.00. The molecule has 1 aliphatic heterocycles. The minimum atomic E-state index is -0.257. The summed E-state index contributed by atoms with van der Waals surface area (Å²) in [6.45, 7) is 3.71. The van der Waals surface area contributed by atoms with E-state index in [0.717, 1.165) is 28.3 Å². The molecule has 0 radical (unpaired) electrons. The fourth-order valence-corrected chi connectivity index (χ4v) is 3.47. The highest BCUT2D eigenvalue weighted by molar-refractivity contribution is 14.1. The number of alkyl halides is 1. The first-order valence-corrected chi connectivity index (χ1v) is 8.54. The monoisotopic (exact) mass is 424 g/mol. The molecule has 100 valence electrons. The van der Waals surface area contributed by atoms with Crippen LogP contribution in [0, 0.1) is 0 Å². The Morgan fingerprint density at radius 2 is 2.28 bits per heavy atom. The highest BCUT2D eigenvalue weighted by Gasteiger charge is 2.30. The van der Waals surface area contributed by atoms with Crippen molar-refractivity contribution in [1.82, 2.24) is 0 Å². The first-order chi connectivity index (χ1) is 8.65. The Morgan fingerprint density at radius 3 is 2.89 bits per heavy atom. The number of hydrogen-bond donors (Lipinski definition) is 0. The second kappa shape index (κ2) is 6.68. The van der Waals surface area contributed by atoms with Gasteiger partial charge in [-0.15, -0.1) is 0 Å². The van der Waals surface area contributed by atoms with E-state index >= 15 is 0 Å². The van der Waals surface area contributed by atoms with E-state index in [1.807, 2.05) is 6.07 Å². The molecule has 0 spiro atoms. The third kappa shape index (κ3) is 3.46. The summed E-state index contributed by atoms with van der Waals surface area (Å²) in [5.74, 6) is 0. The van der Waals surface area contributed by atoms with Gasteiger partial charge in [0, 0.05) is 15.5 Å². The number of rotatable bonds is 5. The van der Waals surface area contributed by atoms with Crippen LogP contribution in [0.2, 0.25) is 0 Å². The van der Waals surface area contributed by atoms with Gasteiger partial charge < -0.3 is 9.47 Å². The van der Waals surface area contributed by atoms with Gasteiger partial charge in [0.1, 0.15) is 5.60 Å². The van der Waals surface area contributed by atoms with E-state index < -0.39 is 0 Å². The maximum Gasteiger partial charge on any atom is 0.100 e.